The Morgan fingerprint density at radius 1 is 1.03 bits per heavy atom. The van der Waals surface area contributed by atoms with Crippen LogP contribution in [0.1, 0.15) is 49.6 Å². The average Bonchev–Trinajstić information content (AvgIpc) is 3.33. The number of para-hydroxylation sites is 1. The van der Waals surface area contributed by atoms with Gasteiger partial charge in [-0.1, -0.05) is 56.7 Å². The SMILES string of the molecule is CCCCc1cccc2cc([C@H](C)Cc3nccc4scnc34)n(-c3ccccc3)c(=O)c12. The maximum Gasteiger partial charge on any atom is 0.263 e. The van der Waals surface area contributed by atoms with E-state index in [2.05, 4.69) is 48.1 Å². The fourth-order valence-electron chi connectivity index (χ4n) is 4.63. The minimum atomic E-state index is 0.0621. The summed E-state index contributed by atoms with van der Waals surface area (Å²) in [5, 5.41) is 1.85. The third-order valence-electron chi connectivity index (χ3n) is 6.30. The van der Waals surface area contributed by atoms with Crippen molar-refractivity contribution in [3.05, 3.63) is 99.7 Å². The Balaban J connectivity index is 1.69. The topological polar surface area (TPSA) is 47.8 Å². The van der Waals surface area contributed by atoms with E-state index in [1.807, 2.05) is 52.7 Å². The van der Waals surface area contributed by atoms with E-state index < -0.39 is 0 Å². The lowest BCUT2D eigenvalue weighted by atomic mass is 9.95. The third-order valence-corrected chi connectivity index (χ3v) is 7.10. The molecule has 3 aromatic heterocycles. The molecule has 0 aliphatic carbocycles. The highest BCUT2D eigenvalue weighted by molar-refractivity contribution is 7.16. The first-order valence-corrected chi connectivity index (χ1v) is 12.5. The second kappa shape index (κ2) is 9.28. The molecule has 0 fully saturated rings. The van der Waals surface area contributed by atoms with Gasteiger partial charge in [0.05, 0.1) is 21.3 Å². The molecule has 0 radical (unpaired) electrons. The van der Waals surface area contributed by atoms with E-state index in [9.17, 15) is 4.79 Å². The first-order valence-electron chi connectivity index (χ1n) is 11.6. The van der Waals surface area contributed by atoms with Crippen LogP contribution < -0.4 is 5.56 Å². The molecule has 0 saturated heterocycles. The molecule has 5 heteroatoms. The molecule has 0 aliphatic heterocycles. The van der Waals surface area contributed by atoms with Crippen LogP contribution in [0.3, 0.4) is 0 Å². The standard InChI is InChI=1S/C28H27N3OS/c1-3-4-9-20-10-8-11-21-17-24(31(28(32)26(20)21)22-12-6-5-7-13-22)19(2)16-23-27-25(14-15-29-23)33-18-30-27/h5-8,10-15,17-19H,3-4,9,16H2,1-2H3/t19-/m1/s1. The van der Waals surface area contributed by atoms with Crippen molar-refractivity contribution in [3.8, 4) is 5.69 Å². The summed E-state index contributed by atoms with van der Waals surface area (Å²) in [5.41, 5.74) is 6.91. The smallest absolute Gasteiger partial charge is 0.263 e. The largest absolute Gasteiger partial charge is 0.280 e. The number of aromatic nitrogens is 3. The molecule has 0 N–H and O–H groups in total. The fraction of sp³-hybridized carbons (Fsp3) is 0.250. The monoisotopic (exact) mass is 453 g/mol. The van der Waals surface area contributed by atoms with Crippen molar-refractivity contribution in [3.63, 3.8) is 0 Å². The molecule has 2 aromatic carbocycles. The normalized spacial score (nSPS) is 12.4. The number of hydrogen-bond acceptors (Lipinski definition) is 4. The Morgan fingerprint density at radius 2 is 1.88 bits per heavy atom. The zero-order chi connectivity index (χ0) is 22.8. The van der Waals surface area contributed by atoms with Gasteiger partial charge in [-0.2, -0.15) is 0 Å². The molecular weight excluding hydrogens is 426 g/mol. The lowest BCUT2D eigenvalue weighted by molar-refractivity contribution is 0.687. The molecule has 0 amide bonds. The van der Waals surface area contributed by atoms with Crippen LogP contribution >= 0.6 is 11.3 Å². The van der Waals surface area contributed by atoms with Gasteiger partial charge in [-0.25, -0.2) is 4.98 Å². The number of nitrogens with zero attached hydrogens (tertiary/aromatic N) is 3. The third kappa shape index (κ3) is 4.09. The minimum Gasteiger partial charge on any atom is -0.280 e. The van der Waals surface area contributed by atoms with E-state index in [0.29, 0.717) is 6.42 Å². The summed E-state index contributed by atoms with van der Waals surface area (Å²) in [7, 11) is 0. The lowest BCUT2D eigenvalue weighted by Gasteiger charge is -2.21. The predicted molar refractivity (Wildman–Crippen MR) is 138 cm³/mol. The van der Waals surface area contributed by atoms with Crippen LogP contribution in [0.2, 0.25) is 0 Å². The predicted octanol–water partition coefficient (Wildman–Crippen LogP) is 6.68. The summed E-state index contributed by atoms with van der Waals surface area (Å²) >= 11 is 1.63. The quantitative estimate of drug-likeness (QED) is 0.276. The van der Waals surface area contributed by atoms with Gasteiger partial charge in [-0.15, -0.1) is 11.3 Å². The second-order valence-electron chi connectivity index (χ2n) is 8.59. The molecule has 5 rings (SSSR count). The molecule has 3 heterocycles. The van der Waals surface area contributed by atoms with Crippen LogP contribution in [0.4, 0.5) is 0 Å². The molecule has 166 valence electrons. The zero-order valence-corrected chi connectivity index (χ0v) is 19.8. The first-order chi connectivity index (χ1) is 16.2. The highest BCUT2D eigenvalue weighted by atomic mass is 32.1. The number of fused-ring (bicyclic) bond motifs is 2. The Hall–Kier alpha value is -3.31. The van der Waals surface area contributed by atoms with E-state index >= 15 is 0 Å². The molecule has 0 spiro atoms. The molecule has 5 aromatic rings. The number of aryl methyl sites for hydroxylation is 1. The summed E-state index contributed by atoms with van der Waals surface area (Å²) in [5.74, 6) is 0.0846. The van der Waals surface area contributed by atoms with Gasteiger partial charge in [0.1, 0.15) is 5.52 Å². The van der Waals surface area contributed by atoms with Gasteiger partial charge in [0.25, 0.3) is 5.56 Å². The van der Waals surface area contributed by atoms with E-state index in [1.54, 1.807) is 11.3 Å². The molecule has 33 heavy (non-hydrogen) atoms. The van der Waals surface area contributed by atoms with E-state index in [0.717, 1.165) is 62.9 Å². The van der Waals surface area contributed by atoms with Gasteiger partial charge in [-0.05, 0) is 54.5 Å². The Labute approximate surface area is 197 Å². The lowest BCUT2D eigenvalue weighted by Crippen LogP contribution is -2.25. The van der Waals surface area contributed by atoms with Gasteiger partial charge < -0.3 is 0 Å². The van der Waals surface area contributed by atoms with Gasteiger partial charge >= 0.3 is 0 Å². The van der Waals surface area contributed by atoms with Crippen LogP contribution in [0.15, 0.2) is 77.2 Å². The maximum absolute atomic E-state index is 14.0. The average molecular weight is 454 g/mol. The van der Waals surface area contributed by atoms with Crippen LogP contribution in [0, 0.1) is 0 Å². The fourth-order valence-corrected chi connectivity index (χ4v) is 5.32. The molecule has 0 bridgehead atoms. The second-order valence-corrected chi connectivity index (χ2v) is 9.48. The Morgan fingerprint density at radius 3 is 2.70 bits per heavy atom. The van der Waals surface area contributed by atoms with Crippen LogP contribution in [-0.2, 0) is 12.8 Å². The number of rotatable bonds is 7. The van der Waals surface area contributed by atoms with Crippen molar-refractivity contribution >= 4 is 32.3 Å². The van der Waals surface area contributed by atoms with Crippen molar-refractivity contribution in [1.29, 1.82) is 0 Å². The van der Waals surface area contributed by atoms with Crippen molar-refractivity contribution in [2.75, 3.05) is 0 Å². The van der Waals surface area contributed by atoms with Crippen LogP contribution in [-0.4, -0.2) is 14.5 Å². The van der Waals surface area contributed by atoms with E-state index in [4.69, 9.17) is 0 Å². The van der Waals surface area contributed by atoms with Crippen molar-refractivity contribution in [2.24, 2.45) is 0 Å². The summed E-state index contributed by atoms with van der Waals surface area (Å²) < 4.78 is 3.05. The number of unbranched alkanes of at least 4 members (excludes halogenated alkanes) is 1. The van der Waals surface area contributed by atoms with Gasteiger partial charge in [-0.3, -0.25) is 14.3 Å². The molecule has 0 aliphatic rings. The number of pyridine rings is 2. The van der Waals surface area contributed by atoms with Crippen LogP contribution in [0.5, 0.6) is 0 Å². The molecule has 1 atom stereocenters. The van der Waals surface area contributed by atoms with Crippen molar-refractivity contribution in [2.45, 2.75) is 45.4 Å². The maximum atomic E-state index is 14.0. The number of thiazole rings is 1. The van der Waals surface area contributed by atoms with Gasteiger partial charge in [0.2, 0.25) is 0 Å². The van der Waals surface area contributed by atoms with Crippen molar-refractivity contribution < 1.29 is 0 Å². The highest BCUT2D eigenvalue weighted by Crippen LogP contribution is 2.29. The summed E-state index contributed by atoms with van der Waals surface area (Å²) in [6.45, 7) is 4.36. The zero-order valence-electron chi connectivity index (χ0n) is 19.0. The molecule has 4 nitrogen and oxygen atoms in total. The van der Waals surface area contributed by atoms with E-state index in [-0.39, 0.29) is 11.5 Å². The summed E-state index contributed by atoms with van der Waals surface area (Å²) in [6, 6.07) is 20.4. The van der Waals surface area contributed by atoms with Gasteiger partial charge in [0, 0.05) is 23.5 Å². The Kier molecular flexibility index (Phi) is 6.05. The number of hydrogen-bond donors (Lipinski definition) is 0. The van der Waals surface area contributed by atoms with Crippen LogP contribution in [0.25, 0.3) is 26.7 Å². The minimum absolute atomic E-state index is 0.0621. The molecule has 0 saturated carbocycles. The van der Waals surface area contributed by atoms with Gasteiger partial charge in [0.15, 0.2) is 0 Å². The highest BCUT2D eigenvalue weighted by Gasteiger charge is 2.20. The summed E-state index contributed by atoms with van der Waals surface area (Å²) in [6.07, 6.45) is 5.67. The molecular formula is C28H27N3OS. The first kappa shape index (κ1) is 21.5. The van der Waals surface area contributed by atoms with E-state index in [1.165, 1.54) is 0 Å². The van der Waals surface area contributed by atoms with Crippen molar-refractivity contribution in [1.82, 2.24) is 14.5 Å². The molecule has 0 unspecified atom stereocenters. The summed E-state index contributed by atoms with van der Waals surface area (Å²) in [4.78, 5) is 23.2. The Bertz CT molecular complexity index is 1470. The number of benzene rings is 2.